The van der Waals surface area contributed by atoms with Crippen molar-refractivity contribution in [3.63, 3.8) is 0 Å². The molecule has 22 heavy (non-hydrogen) atoms. The van der Waals surface area contributed by atoms with Gasteiger partial charge in [-0.15, -0.1) is 0 Å². The fraction of sp³-hybridized carbons (Fsp3) is 0.867. The number of likely N-dealkylation sites (N-methyl/N-ethyl adjacent to an activating group) is 2. The molecule has 1 aliphatic rings. The molecule has 7 nitrogen and oxygen atoms in total. The Morgan fingerprint density at radius 3 is 2.41 bits per heavy atom. The van der Waals surface area contributed by atoms with Crippen LogP contribution in [0.15, 0.2) is 0 Å². The number of hydrogen-bond acceptors (Lipinski definition) is 4. The van der Waals surface area contributed by atoms with Crippen molar-refractivity contribution >= 4 is 12.0 Å². The third-order valence-electron chi connectivity index (χ3n) is 4.08. The molecule has 0 spiro atoms. The van der Waals surface area contributed by atoms with Gasteiger partial charge in [-0.2, -0.15) is 0 Å². The number of urea groups is 1. The largest absolute Gasteiger partial charge is 0.480 e. The lowest BCUT2D eigenvalue weighted by atomic mass is 9.85. The van der Waals surface area contributed by atoms with E-state index in [-0.39, 0.29) is 24.7 Å². The highest BCUT2D eigenvalue weighted by atomic mass is 16.5. The summed E-state index contributed by atoms with van der Waals surface area (Å²) in [5.74, 6) is -0.803. The van der Waals surface area contributed by atoms with E-state index >= 15 is 0 Å². The molecule has 2 amide bonds. The third kappa shape index (κ3) is 5.81. The van der Waals surface area contributed by atoms with Crippen LogP contribution in [0.4, 0.5) is 4.79 Å². The number of aliphatic carboxylic acids is 1. The molecule has 1 saturated carbocycles. The second kappa shape index (κ2) is 9.63. The van der Waals surface area contributed by atoms with E-state index in [1.54, 1.807) is 4.90 Å². The number of carboxylic acid groups (broad SMARTS) is 1. The topological polar surface area (TPSA) is 82.1 Å². The van der Waals surface area contributed by atoms with E-state index in [1.807, 2.05) is 25.7 Å². The number of hydrogen-bond donors (Lipinski definition) is 2. The number of carbonyl (C=O) groups is 2. The summed E-state index contributed by atoms with van der Waals surface area (Å²) in [4.78, 5) is 26.6. The molecular weight excluding hydrogens is 286 g/mol. The summed E-state index contributed by atoms with van der Waals surface area (Å²) < 4.78 is 5.28. The van der Waals surface area contributed by atoms with Crippen molar-refractivity contribution in [2.45, 2.75) is 45.7 Å². The van der Waals surface area contributed by atoms with Gasteiger partial charge in [-0.25, -0.2) is 4.79 Å². The number of ether oxygens (including phenoxy) is 1. The molecule has 7 heteroatoms. The monoisotopic (exact) mass is 315 g/mol. The van der Waals surface area contributed by atoms with Crippen LogP contribution in [0, 0.1) is 0 Å². The van der Waals surface area contributed by atoms with Gasteiger partial charge in [-0.1, -0.05) is 6.92 Å². The highest BCUT2D eigenvalue weighted by molar-refractivity contribution is 5.74. The molecule has 0 unspecified atom stereocenters. The van der Waals surface area contributed by atoms with Crippen molar-refractivity contribution < 1.29 is 19.4 Å². The predicted molar refractivity (Wildman–Crippen MR) is 84.0 cm³/mol. The van der Waals surface area contributed by atoms with Crippen LogP contribution in [0.25, 0.3) is 0 Å². The zero-order valence-corrected chi connectivity index (χ0v) is 13.9. The van der Waals surface area contributed by atoms with Crippen molar-refractivity contribution in [2.75, 3.05) is 39.4 Å². The van der Waals surface area contributed by atoms with Crippen LogP contribution < -0.4 is 5.32 Å². The molecular formula is C15H29N3O4. The minimum absolute atomic E-state index is 0.0630. The standard InChI is InChI=1S/C15H29N3O4/c1-4-17(7-8-22-6-3)15(21)16-12-9-13(10-12)18(5-2)11-14(19)20/h12-13H,4-11H2,1-3H3,(H,16,21)(H,19,20). The molecule has 0 saturated heterocycles. The van der Waals surface area contributed by atoms with Gasteiger partial charge in [0.05, 0.1) is 13.2 Å². The maximum atomic E-state index is 12.1. The summed E-state index contributed by atoms with van der Waals surface area (Å²) >= 11 is 0. The quantitative estimate of drug-likeness (QED) is 0.588. The molecule has 0 aliphatic heterocycles. The number of carbonyl (C=O) groups excluding carboxylic acids is 1. The van der Waals surface area contributed by atoms with Crippen molar-refractivity contribution in [1.82, 2.24) is 15.1 Å². The Kier molecular flexibility index (Phi) is 8.19. The average Bonchev–Trinajstić information content (AvgIpc) is 2.44. The minimum Gasteiger partial charge on any atom is -0.480 e. The molecule has 0 heterocycles. The van der Waals surface area contributed by atoms with Crippen molar-refractivity contribution in [3.8, 4) is 0 Å². The second-order valence-electron chi connectivity index (χ2n) is 5.51. The van der Waals surface area contributed by atoms with E-state index < -0.39 is 5.97 Å². The SMILES string of the molecule is CCOCCN(CC)C(=O)NC1CC(N(CC)CC(=O)O)C1. The molecule has 0 aromatic carbocycles. The molecule has 1 aliphatic carbocycles. The summed E-state index contributed by atoms with van der Waals surface area (Å²) in [7, 11) is 0. The van der Waals surface area contributed by atoms with Gasteiger partial charge in [0, 0.05) is 31.8 Å². The lowest BCUT2D eigenvalue weighted by molar-refractivity contribution is -0.139. The van der Waals surface area contributed by atoms with E-state index in [2.05, 4.69) is 5.32 Å². The first-order valence-corrected chi connectivity index (χ1v) is 8.10. The van der Waals surface area contributed by atoms with Crippen LogP contribution in [0.3, 0.4) is 0 Å². The average molecular weight is 315 g/mol. The summed E-state index contributed by atoms with van der Waals surface area (Å²) in [6.07, 6.45) is 1.63. The molecule has 0 atom stereocenters. The Bertz CT molecular complexity index is 359. The van der Waals surface area contributed by atoms with Gasteiger partial charge in [0.1, 0.15) is 0 Å². The van der Waals surface area contributed by atoms with Crippen LogP contribution in [-0.4, -0.2) is 78.4 Å². The zero-order valence-electron chi connectivity index (χ0n) is 13.9. The normalized spacial score (nSPS) is 20.5. The first-order valence-electron chi connectivity index (χ1n) is 8.10. The number of rotatable bonds is 10. The van der Waals surface area contributed by atoms with Crippen LogP contribution in [0.1, 0.15) is 33.6 Å². The highest BCUT2D eigenvalue weighted by Crippen LogP contribution is 2.25. The van der Waals surface area contributed by atoms with Crippen LogP contribution in [-0.2, 0) is 9.53 Å². The number of nitrogens with one attached hydrogen (secondary N) is 1. The Morgan fingerprint density at radius 1 is 1.23 bits per heavy atom. The van der Waals surface area contributed by atoms with Gasteiger partial charge in [0.2, 0.25) is 0 Å². The van der Waals surface area contributed by atoms with Crippen molar-refractivity contribution in [1.29, 1.82) is 0 Å². The van der Waals surface area contributed by atoms with Gasteiger partial charge >= 0.3 is 12.0 Å². The van der Waals surface area contributed by atoms with Gasteiger partial charge in [-0.3, -0.25) is 9.69 Å². The first kappa shape index (κ1) is 18.7. The fourth-order valence-electron chi connectivity index (χ4n) is 2.66. The van der Waals surface area contributed by atoms with Crippen molar-refractivity contribution in [3.05, 3.63) is 0 Å². The maximum absolute atomic E-state index is 12.1. The van der Waals surface area contributed by atoms with Crippen LogP contribution in [0.2, 0.25) is 0 Å². The Hall–Kier alpha value is -1.34. The molecule has 0 radical (unpaired) electrons. The van der Waals surface area contributed by atoms with E-state index in [9.17, 15) is 9.59 Å². The summed E-state index contributed by atoms with van der Waals surface area (Å²) in [5.41, 5.74) is 0. The molecule has 0 bridgehead atoms. The number of carboxylic acids is 1. The molecule has 2 N–H and O–H groups in total. The maximum Gasteiger partial charge on any atom is 0.317 e. The van der Waals surface area contributed by atoms with Gasteiger partial charge in [0.15, 0.2) is 0 Å². The van der Waals surface area contributed by atoms with E-state index in [1.165, 1.54) is 0 Å². The predicted octanol–water partition coefficient (Wildman–Crippen LogP) is 0.992. The zero-order chi connectivity index (χ0) is 16.5. The molecule has 1 rings (SSSR count). The lowest BCUT2D eigenvalue weighted by Gasteiger charge is -2.42. The Labute approximate surface area is 132 Å². The number of nitrogens with zero attached hydrogens (tertiary/aromatic N) is 2. The Morgan fingerprint density at radius 2 is 1.91 bits per heavy atom. The Balaban J connectivity index is 2.31. The highest BCUT2D eigenvalue weighted by Gasteiger charge is 2.35. The second-order valence-corrected chi connectivity index (χ2v) is 5.51. The minimum atomic E-state index is -0.803. The van der Waals surface area contributed by atoms with Crippen LogP contribution in [0.5, 0.6) is 0 Å². The van der Waals surface area contributed by atoms with Crippen molar-refractivity contribution in [2.24, 2.45) is 0 Å². The summed E-state index contributed by atoms with van der Waals surface area (Å²) in [5, 5.41) is 11.9. The van der Waals surface area contributed by atoms with Crippen LogP contribution >= 0.6 is 0 Å². The molecule has 0 aromatic rings. The van der Waals surface area contributed by atoms with Gasteiger partial charge < -0.3 is 20.1 Å². The lowest BCUT2D eigenvalue weighted by Crippen LogP contribution is -2.57. The summed E-state index contributed by atoms with van der Waals surface area (Å²) in [6.45, 7) is 9.06. The molecule has 1 fully saturated rings. The third-order valence-corrected chi connectivity index (χ3v) is 4.08. The van der Waals surface area contributed by atoms with Gasteiger partial charge in [-0.05, 0) is 33.2 Å². The van der Waals surface area contributed by atoms with E-state index in [4.69, 9.17) is 9.84 Å². The summed E-state index contributed by atoms with van der Waals surface area (Å²) in [6, 6.07) is 0.332. The fourth-order valence-corrected chi connectivity index (χ4v) is 2.66. The molecule has 0 aromatic heterocycles. The van der Waals surface area contributed by atoms with E-state index in [0.29, 0.717) is 32.8 Å². The smallest absolute Gasteiger partial charge is 0.317 e. The van der Waals surface area contributed by atoms with E-state index in [0.717, 1.165) is 12.8 Å². The van der Waals surface area contributed by atoms with Gasteiger partial charge in [0.25, 0.3) is 0 Å². The number of amides is 2. The molecule has 128 valence electrons. The first-order chi connectivity index (χ1) is 10.5.